The summed E-state index contributed by atoms with van der Waals surface area (Å²) in [7, 11) is 4.25. The minimum absolute atomic E-state index is 0.197. The van der Waals surface area contributed by atoms with Crippen LogP contribution in [0, 0.1) is 5.92 Å². The fourth-order valence-electron chi connectivity index (χ4n) is 2.52. The molecular weight excluding hydrogens is 200 g/mol. The maximum atomic E-state index is 11.6. The number of likely N-dealkylation sites (N-methyl/N-ethyl adjacent to an activating group) is 1. The number of nitrogens with zero attached hydrogens (tertiary/aromatic N) is 1. The number of carbonyl (C=O) groups excluding carboxylic acids is 1. The van der Waals surface area contributed by atoms with Crippen molar-refractivity contribution in [2.75, 3.05) is 20.6 Å². The Kier molecular flexibility index (Phi) is 4.78. The largest absolute Gasteiger partial charge is 0.354 e. The zero-order chi connectivity index (χ0) is 12.2. The van der Waals surface area contributed by atoms with E-state index in [0.717, 1.165) is 6.54 Å². The van der Waals surface area contributed by atoms with Crippen molar-refractivity contribution < 1.29 is 4.79 Å². The molecule has 0 aromatic carbocycles. The number of carbonyl (C=O) groups is 1. The van der Waals surface area contributed by atoms with Crippen molar-refractivity contribution in [3.8, 4) is 0 Å². The Morgan fingerprint density at radius 3 is 2.31 bits per heavy atom. The molecule has 0 saturated heterocycles. The molecule has 0 spiro atoms. The van der Waals surface area contributed by atoms with Crippen LogP contribution in [0.25, 0.3) is 0 Å². The predicted octanol–water partition coefficient (Wildman–Crippen LogP) is 2.02. The van der Waals surface area contributed by atoms with E-state index in [9.17, 15) is 4.79 Å². The summed E-state index contributed by atoms with van der Waals surface area (Å²) in [4.78, 5) is 13.9. The molecule has 0 heterocycles. The van der Waals surface area contributed by atoms with E-state index < -0.39 is 0 Å². The lowest BCUT2D eigenvalue weighted by Gasteiger charge is -2.36. The lowest BCUT2D eigenvalue weighted by atomic mass is 9.96. The molecule has 1 aliphatic rings. The summed E-state index contributed by atoms with van der Waals surface area (Å²) in [6, 6.07) is 0. The summed E-state index contributed by atoms with van der Waals surface area (Å²) in [6.45, 7) is 4.97. The summed E-state index contributed by atoms with van der Waals surface area (Å²) in [5, 5.41) is 3.10. The molecule has 16 heavy (non-hydrogen) atoms. The minimum Gasteiger partial charge on any atom is -0.354 e. The van der Waals surface area contributed by atoms with E-state index in [2.05, 4.69) is 38.2 Å². The van der Waals surface area contributed by atoms with Gasteiger partial charge in [0.05, 0.1) is 0 Å². The molecular formula is C13H26N2O. The molecule has 94 valence electrons. The third kappa shape index (κ3) is 3.48. The second kappa shape index (κ2) is 5.67. The molecule has 0 atom stereocenters. The summed E-state index contributed by atoms with van der Waals surface area (Å²) in [6.07, 6.45) is 5.64. The minimum atomic E-state index is 0.197. The van der Waals surface area contributed by atoms with Gasteiger partial charge in [-0.15, -0.1) is 0 Å². The van der Waals surface area contributed by atoms with Crippen LogP contribution in [-0.2, 0) is 4.79 Å². The first-order chi connectivity index (χ1) is 7.46. The van der Waals surface area contributed by atoms with Crippen molar-refractivity contribution in [1.82, 2.24) is 10.2 Å². The van der Waals surface area contributed by atoms with Crippen LogP contribution >= 0.6 is 0 Å². The third-order valence-electron chi connectivity index (χ3n) is 3.69. The van der Waals surface area contributed by atoms with Gasteiger partial charge in [0.25, 0.3) is 0 Å². The first kappa shape index (κ1) is 13.5. The number of hydrogen-bond donors (Lipinski definition) is 1. The maximum Gasteiger partial charge on any atom is 0.220 e. The smallest absolute Gasteiger partial charge is 0.220 e. The zero-order valence-electron chi connectivity index (χ0n) is 11.2. The van der Waals surface area contributed by atoms with Gasteiger partial charge in [-0.1, -0.05) is 26.7 Å². The Morgan fingerprint density at radius 2 is 1.88 bits per heavy atom. The van der Waals surface area contributed by atoms with Gasteiger partial charge in [0.15, 0.2) is 0 Å². The second-order valence-electron chi connectivity index (χ2n) is 5.70. The van der Waals surface area contributed by atoms with E-state index in [1.165, 1.54) is 25.7 Å². The standard InChI is InChI=1S/C13H26N2O/c1-11(2)9-12(16)14-10-13(15(3)4)7-5-6-8-13/h11H,5-10H2,1-4H3,(H,14,16). The number of amides is 1. The highest BCUT2D eigenvalue weighted by Crippen LogP contribution is 2.33. The highest BCUT2D eigenvalue weighted by molar-refractivity contribution is 5.76. The molecule has 3 nitrogen and oxygen atoms in total. The molecule has 0 bridgehead atoms. The lowest BCUT2D eigenvalue weighted by molar-refractivity contribution is -0.122. The molecule has 1 N–H and O–H groups in total. The summed E-state index contributed by atoms with van der Waals surface area (Å²) in [5.41, 5.74) is 0.215. The van der Waals surface area contributed by atoms with Crippen molar-refractivity contribution in [3.63, 3.8) is 0 Å². The average molecular weight is 226 g/mol. The van der Waals surface area contributed by atoms with Crippen molar-refractivity contribution >= 4 is 5.91 Å². The Labute approximate surface area is 99.6 Å². The predicted molar refractivity (Wildman–Crippen MR) is 67.4 cm³/mol. The van der Waals surface area contributed by atoms with E-state index >= 15 is 0 Å². The van der Waals surface area contributed by atoms with Crippen LogP contribution in [0.3, 0.4) is 0 Å². The van der Waals surface area contributed by atoms with Gasteiger partial charge in [-0.2, -0.15) is 0 Å². The molecule has 0 aliphatic heterocycles. The Bertz CT molecular complexity index is 230. The van der Waals surface area contributed by atoms with Crippen LogP contribution in [-0.4, -0.2) is 37.0 Å². The number of rotatable bonds is 5. The highest BCUT2D eigenvalue weighted by Gasteiger charge is 2.35. The molecule has 0 radical (unpaired) electrons. The first-order valence-electron chi connectivity index (χ1n) is 6.40. The monoisotopic (exact) mass is 226 g/mol. The van der Waals surface area contributed by atoms with E-state index in [1.807, 2.05) is 0 Å². The van der Waals surface area contributed by atoms with E-state index in [1.54, 1.807) is 0 Å². The Balaban J connectivity index is 2.42. The van der Waals surface area contributed by atoms with E-state index in [-0.39, 0.29) is 11.4 Å². The molecule has 0 aromatic rings. The summed E-state index contributed by atoms with van der Waals surface area (Å²) >= 11 is 0. The molecule has 3 heteroatoms. The summed E-state index contributed by atoms with van der Waals surface area (Å²) < 4.78 is 0. The topological polar surface area (TPSA) is 32.3 Å². The van der Waals surface area contributed by atoms with Crippen molar-refractivity contribution in [1.29, 1.82) is 0 Å². The molecule has 1 rings (SSSR count). The van der Waals surface area contributed by atoms with Crippen LogP contribution in [0.15, 0.2) is 0 Å². The van der Waals surface area contributed by atoms with Gasteiger partial charge >= 0.3 is 0 Å². The third-order valence-corrected chi connectivity index (χ3v) is 3.69. The van der Waals surface area contributed by atoms with Gasteiger partial charge in [-0.25, -0.2) is 0 Å². The van der Waals surface area contributed by atoms with Crippen LogP contribution in [0.4, 0.5) is 0 Å². The molecule has 1 saturated carbocycles. The van der Waals surface area contributed by atoms with Crippen molar-refractivity contribution in [2.24, 2.45) is 5.92 Å². The molecule has 1 fully saturated rings. The molecule has 0 aromatic heterocycles. The van der Waals surface area contributed by atoms with Crippen LogP contribution in [0.1, 0.15) is 46.0 Å². The van der Waals surface area contributed by atoms with Crippen LogP contribution < -0.4 is 5.32 Å². The Morgan fingerprint density at radius 1 is 1.31 bits per heavy atom. The fourth-order valence-corrected chi connectivity index (χ4v) is 2.52. The van der Waals surface area contributed by atoms with Gasteiger partial charge in [-0.3, -0.25) is 4.79 Å². The number of hydrogen-bond acceptors (Lipinski definition) is 2. The highest BCUT2D eigenvalue weighted by atomic mass is 16.1. The van der Waals surface area contributed by atoms with Crippen molar-refractivity contribution in [2.45, 2.75) is 51.5 Å². The van der Waals surface area contributed by atoms with E-state index in [4.69, 9.17) is 0 Å². The van der Waals surface area contributed by atoms with Gasteiger partial charge in [0.1, 0.15) is 0 Å². The SMILES string of the molecule is CC(C)CC(=O)NCC1(N(C)C)CCCC1. The number of nitrogens with one attached hydrogen (secondary N) is 1. The van der Waals surface area contributed by atoms with Gasteiger partial charge in [-0.05, 0) is 32.9 Å². The van der Waals surface area contributed by atoms with E-state index in [0.29, 0.717) is 12.3 Å². The Hall–Kier alpha value is -0.570. The molecule has 0 unspecified atom stereocenters. The average Bonchev–Trinajstić information content (AvgIpc) is 2.63. The maximum absolute atomic E-state index is 11.6. The lowest BCUT2D eigenvalue weighted by Crippen LogP contribution is -2.50. The normalized spacial score (nSPS) is 19.4. The van der Waals surface area contributed by atoms with Crippen LogP contribution in [0.2, 0.25) is 0 Å². The van der Waals surface area contributed by atoms with Gasteiger partial charge in [0.2, 0.25) is 5.91 Å². The quantitative estimate of drug-likeness (QED) is 0.778. The fraction of sp³-hybridized carbons (Fsp3) is 0.923. The first-order valence-corrected chi connectivity index (χ1v) is 6.40. The van der Waals surface area contributed by atoms with Crippen LogP contribution in [0.5, 0.6) is 0 Å². The van der Waals surface area contributed by atoms with Crippen molar-refractivity contribution in [3.05, 3.63) is 0 Å². The van der Waals surface area contributed by atoms with Gasteiger partial charge in [0, 0.05) is 18.5 Å². The van der Waals surface area contributed by atoms with Gasteiger partial charge < -0.3 is 10.2 Å². The summed E-state index contributed by atoms with van der Waals surface area (Å²) in [5.74, 6) is 0.641. The molecule has 1 aliphatic carbocycles. The second-order valence-corrected chi connectivity index (χ2v) is 5.70. The molecule has 1 amide bonds. The zero-order valence-corrected chi connectivity index (χ0v) is 11.2.